The van der Waals surface area contributed by atoms with E-state index >= 15 is 8.42 Å². The van der Waals surface area contributed by atoms with E-state index in [4.69, 9.17) is 9.47 Å². The predicted molar refractivity (Wildman–Crippen MR) is 323 cm³/mol. The van der Waals surface area contributed by atoms with Gasteiger partial charge in [-0.1, -0.05) is 158 Å². The number of aryl methyl sites for hydroxylation is 2. The molecule has 0 aliphatic carbocycles. The molecule has 0 saturated heterocycles. The van der Waals surface area contributed by atoms with Crippen LogP contribution in [0.2, 0.25) is 0 Å². The zero-order chi connectivity index (χ0) is 58.4. The van der Waals surface area contributed by atoms with Crippen molar-refractivity contribution in [3.63, 3.8) is 0 Å². The lowest BCUT2D eigenvalue weighted by Gasteiger charge is -2.30. The average molecular weight is 1140 g/mol. The maximum Gasteiger partial charge on any atom is 0.335 e. The Bertz CT molecular complexity index is 3630. The Hall–Kier alpha value is -8.28. The fourth-order valence-electron chi connectivity index (χ4n) is 9.59. The summed E-state index contributed by atoms with van der Waals surface area (Å²) in [6.45, 7) is 7.43. The molecule has 82 heavy (non-hydrogen) atoms. The third-order valence-electron chi connectivity index (χ3n) is 14.3. The molecule has 0 bridgehead atoms. The number of hydrogen-bond acceptors (Lipinski definition) is 10. The lowest BCUT2D eigenvalue weighted by molar-refractivity contribution is 0.0685. The van der Waals surface area contributed by atoms with Crippen LogP contribution in [-0.2, 0) is 52.2 Å². The molecule has 0 amide bonds. The topological polar surface area (TPSA) is 174 Å². The van der Waals surface area contributed by atoms with Gasteiger partial charge in [0.05, 0.1) is 22.5 Å². The first-order valence-corrected chi connectivity index (χ1v) is 30.2. The van der Waals surface area contributed by atoms with Gasteiger partial charge in [0.1, 0.15) is 21.3 Å². The van der Waals surface area contributed by atoms with Gasteiger partial charge in [-0.3, -0.25) is 0 Å². The maximum absolute atomic E-state index is 15.4. The van der Waals surface area contributed by atoms with E-state index in [-0.39, 0.29) is 51.2 Å². The molecule has 2 N–H and O–H groups in total. The molecule has 426 valence electrons. The quantitative estimate of drug-likeness (QED) is 0.0476. The van der Waals surface area contributed by atoms with Crippen molar-refractivity contribution >= 4 is 43.4 Å². The average Bonchev–Trinajstić information content (AvgIpc) is 3.24. The fraction of sp³-hybridized carbons (Fsp3) is 0.242. The highest BCUT2D eigenvalue weighted by Crippen LogP contribution is 2.43. The van der Waals surface area contributed by atoms with Crippen molar-refractivity contribution in [2.75, 3.05) is 63.2 Å². The first kappa shape index (κ1) is 59.8. The number of anilines is 2. The molecule has 0 unspecified atom stereocenters. The molecular formula is C66H70N4O10S2. The van der Waals surface area contributed by atoms with E-state index in [1.165, 1.54) is 36.6 Å². The molecule has 0 saturated carbocycles. The maximum atomic E-state index is 15.4. The molecule has 0 aromatic heterocycles. The van der Waals surface area contributed by atoms with Crippen LogP contribution in [0.5, 0.6) is 23.0 Å². The Kier molecular flexibility index (Phi) is 20.0. The van der Waals surface area contributed by atoms with Gasteiger partial charge in [-0.25, -0.2) is 30.7 Å². The lowest BCUT2D eigenvalue weighted by Crippen LogP contribution is -2.34. The van der Waals surface area contributed by atoms with Crippen molar-refractivity contribution in [3.05, 3.63) is 238 Å². The smallest absolute Gasteiger partial charge is 0.335 e. The number of nitrogens with zero attached hydrogens (tertiary/aromatic N) is 4. The molecule has 0 atom stereocenters. The number of carbonyl (C=O) groups is 2. The van der Waals surface area contributed by atoms with E-state index in [9.17, 15) is 28.2 Å². The molecular weight excluding hydrogens is 1070 g/mol. The molecule has 8 aromatic rings. The standard InChI is InChI=1S/C66H70N4O10S2/c1-6-70(82(77,78)62-47-56(66(73)74)45-60(64(62)80-58-23-14-9-15-24-58)68(39-34-51-29-25-48(2)26-30-51)40-35-52-31-27-49(3)28-32-52)42-37-54-20-16-19-53(43-54)36-41-69(38-33-50-17-10-7-11-18-50)59-44-55(65(71)72)46-61(81(75,76)67(4)5)63(59)79-57-21-12-8-13-22-57/h7-32,43-47H,6,33-42H2,1-5H3,(H,71,72)(H,73,74). The molecule has 8 rings (SSSR count). The Morgan fingerprint density at radius 1 is 0.427 bits per heavy atom. The zero-order valence-electron chi connectivity index (χ0n) is 46.9. The van der Waals surface area contributed by atoms with Crippen molar-refractivity contribution in [1.29, 1.82) is 0 Å². The number of rotatable bonds is 28. The van der Waals surface area contributed by atoms with Crippen LogP contribution in [0, 0.1) is 13.8 Å². The summed E-state index contributed by atoms with van der Waals surface area (Å²) in [6, 6.07) is 56.9. The van der Waals surface area contributed by atoms with E-state index in [0.717, 1.165) is 49.3 Å². The summed E-state index contributed by atoms with van der Waals surface area (Å²) >= 11 is 0. The van der Waals surface area contributed by atoms with Crippen LogP contribution < -0.4 is 19.3 Å². The van der Waals surface area contributed by atoms with E-state index in [1.807, 2.05) is 115 Å². The first-order chi connectivity index (χ1) is 39.4. The molecule has 0 aliphatic rings. The van der Waals surface area contributed by atoms with Gasteiger partial charge in [0.15, 0.2) is 11.5 Å². The van der Waals surface area contributed by atoms with Crippen molar-refractivity contribution in [1.82, 2.24) is 8.61 Å². The van der Waals surface area contributed by atoms with Gasteiger partial charge in [0, 0.05) is 53.4 Å². The number of benzene rings is 8. The van der Waals surface area contributed by atoms with Gasteiger partial charge >= 0.3 is 11.9 Å². The minimum atomic E-state index is -4.46. The van der Waals surface area contributed by atoms with Crippen molar-refractivity contribution in [3.8, 4) is 23.0 Å². The van der Waals surface area contributed by atoms with Crippen LogP contribution in [0.4, 0.5) is 11.4 Å². The number of carboxylic acid groups (broad SMARTS) is 2. The van der Waals surface area contributed by atoms with Crippen LogP contribution in [0.25, 0.3) is 0 Å². The van der Waals surface area contributed by atoms with Gasteiger partial charge in [-0.05, 0) is 122 Å². The minimum absolute atomic E-state index is 0.0110. The van der Waals surface area contributed by atoms with Crippen LogP contribution in [-0.4, -0.2) is 101 Å². The van der Waals surface area contributed by atoms with Crippen molar-refractivity contribution in [2.24, 2.45) is 0 Å². The lowest BCUT2D eigenvalue weighted by atomic mass is 10.0. The summed E-state index contributed by atoms with van der Waals surface area (Å²) in [7, 11) is -5.94. The summed E-state index contributed by atoms with van der Waals surface area (Å²) in [6.07, 6.45) is 2.43. The predicted octanol–water partition coefficient (Wildman–Crippen LogP) is 12.4. The molecule has 0 spiro atoms. The third-order valence-corrected chi connectivity index (χ3v) is 18.1. The summed E-state index contributed by atoms with van der Waals surface area (Å²) in [5, 5.41) is 21.1. The van der Waals surface area contributed by atoms with E-state index in [0.29, 0.717) is 75.5 Å². The number of para-hydroxylation sites is 2. The van der Waals surface area contributed by atoms with Crippen LogP contribution in [0.1, 0.15) is 66.6 Å². The number of sulfonamides is 2. The summed E-state index contributed by atoms with van der Waals surface area (Å²) in [5.74, 6) is -1.83. The third kappa shape index (κ3) is 15.4. The van der Waals surface area contributed by atoms with E-state index < -0.39 is 32.0 Å². The van der Waals surface area contributed by atoms with Crippen LogP contribution in [0.3, 0.4) is 0 Å². The second kappa shape index (κ2) is 27.5. The van der Waals surface area contributed by atoms with Gasteiger partial charge in [-0.15, -0.1) is 0 Å². The molecule has 14 nitrogen and oxygen atoms in total. The zero-order valence-corrected chi connectivity index (χ0v) is 48.6. The normalized spacial score (nSPS) is 11.6. The highest BCUT2D eigenvalue weighted by atomic mass is 32.2. The van der Waals surface area contributed by atoms with E-state index in [1.54, 1.807) is 55.5 Å². The highest BCUT2D eigenvalue weighted by Gasteiger charge is 2.33. The minimum Gasteiger partial charge on any atom is -0.478 e. The summed E-state index contributed by atoms with van der Waals surface area (Å²) in [5.41, 5.74) is 7.33. The fourth-order valence-corrected chi connectivity index (χ4v) is 12.2. The molecule has 0 aliphatic heterocycles. The number of carboxylic acids is 2. The monoisotopic (exact) mass is 1140 g/mol. The number of aromatic carboxylic acids is 2. The number of likely N-dealkylation sites (N-methyl/N-ethyl adjacent to an activating group) is 1. The van der Waals surface area contributed by atoms with Gasteiger partial charge in [0.2, 0.25) is 20.0 Å². The first-order valence-electron chi connectivity index (χ1n) is 27.3. The SMILES string of the molecule is CCN(CCc1cccc(CCN(CCc2ccccc2)c2cc(C(=O)O)cc(S(=O)(=O)N(C)C)c2Oc2ccccc2)c1)S(=O)(=O)c1cc(C(=O)O)cc(N(CCc2ccc(C)cc2)CCc2ccc(C)cc2)c1Oc1ccccc1. The van der Waals surface area contributed by atoms with Gasteiger partial charge < -0.3 is 29.5 Å². The summed E-state index contributed by atoms with van der Waals surface area (Å²) < 4.78 is 74.3. The molecule has 0 radical (unpaired) electrons. The Labute approximate surface area is 482 Å². The Morgan fingerprint density at radius 3 is 1.17 bits per heavy atom. The Balaban J connectivity index is 1.12. The second-order valence-electron chi connectivity index (χ2n) is 20.4. The number of ether oxygens (including phenoxy) is 2. The second-order valence-corrected chi connectivity index (χ2v) is 24.4. The van der Waals surface area contributed by atoms with Crippen LogP contribution in [0.15, 0.2) is 198 Å². The molecule has 8 aromatic carbocycles. The summed E-state index contributed by atoms with van der Waals surface area (Å²) in [4.78, 5) is 29.3. The van der Waals surface area contributed by atoms with Gasteiger partial charge in [0.25, 0.3) is 0 Å². The molecule has 0 fully saturated rings. The number of hydrogen-bond donors (Lipinski definition) is 2. The van der Waals surface area contributed by atoms with Crippen molar-refractivity contribution < 1.29 is 46.1 Å². The molecule has 16 heteroatoms. The molecule has 0 heterocycles. The van der Waals surface area contributed by atoms with Crippen molar-refractivity contribution in [2.45, 2.75) is 62.7 Å². The largest absolute Gasteiger partial charge is 0.478 e. The van der Waals surface area contributed by atoms with Gasteiger partial charge in [-0.2, -0.15) is 4.31 Å². The highest BCUT2D eigenvalue weighted by molar-refractivity contribution is 7.89. The van der Waals surface area contributed by atoms with E-state index in [2.05, 4.69) is 24.3 Å². The Morgan fingerprint density at radius 2 is 0.780 bits per heavy atom. The van der Waals surface area contributed by atoms with Crippen LogP contribution >= 0.6 is 0 Å².